The zero-order chi connectivity index (χ0) is 10.1. The highest BCUT2D eigenvalue weighted by Gasteiger charge is 2.71. The molecular formula is C14H26. The van der Waals surface area contributed by atoms with Gasteiger partial charge in [0.15, 0.2) is 0 Å². The molecule has 0 heteroatoms. The monoisotopic (exact) mass is 194 g/mol. The molecule has 0 aliphatic heterocycles. The van der Waals surface area contributed by atoms with E-state index in [1.807, 2.05) is 0 Å². The number of rotatable bonds is 7. The molecule has 2 fully saturated rings. The molecule has 0 N–H and O–H groups in total. The second kappa shape index (κ2) is 4.24. The summed E-state index contributed by atoms with van der Waals surface area (Å²) < 4.78 is 0. The molecule has 82 valence electrons. The Morgan fingerprint density at radius 1 is 0.929 bits per heavy atom. The number of fused-ring (bicyclic) bond motifs is 1. The lowest BCUT2D eigenvalue weighted by Crippen LogP contribution is -2.11. The molecule has 2 rings (SSSR count). The third-order valence-corrected chi connectivity index (χ3v) is 4.65. The van der Waals surface area contributed by atoms with Gasteiger partial charge < -0.3 is 0 Å². The molecule has 0 radical (unpaired) electrons. The van der Waals surface area contributed by atoms with Crippen molar-refractivity contribution in [3.05, 3.63) is 0 Å². The average molecular weight is 194 g/mol. The normalized spacial score (nSPS) is 40.5. The first kappa shape index (κ1) is 10.5. The quantitative estimate of drug-likeness (QED) is 0.524. The van der Waals surface area contributed by atoms with Crippen molar-refractivity contribution in [2.45, 2.75) is 59.3 Å². The largest absolute Gasteiger partial charge is 0.0654 e. The van der Waals surface area contributed by atoms with E-state index in [1.54, 1.807) is 0 Å². The summed E-state index contributed by atoms with van der Waals surface area (Å²) in [5.41, 5.74) is 0. The smallest absolute Gasteiger partial charge is 0.0318 e. The van der Waals surface area contributed by atoms with E-state index in [2.05, 4.69) is 20.8 Å². The van der Waals surface area contributed by atoms with Gasteiger partial charge in [-0.25, -0.2) is 0 Å². The molecule has 2 aliphatic carbocycles. The Morgan fingerprint density at radius 2 is 1.64 bits per heavy atom. The fraction of sp³-hybridized carbons (Fsp3) is 1.00. The Morgan fingerprint density at radius 3 is 2.14 bits per heavy atom. The summed E-state index contributed by atoms with van der Waals surface area (Å²) in [4.78, 5) is 0. The minimum atomic E-state index is 1.11. The van der Waals surface area contributed by atoms with Gasteiger partial charge in [-0.3, -0.25) is 0 Å². The van der Waals surface area contributed by atoms with Crippen molar-refractivity contribution in [1.29, 1.82) is 0 Å². The standard InChI is InChI=1S/C14H26/c1-4-6-7-9-11(8-5-2)14-12-10(3)13(12)14/h10-14H,4-9H2,1-3H3. The van der Waals surface area contributed by atoms with Crippen LogP contribution < -0.4 is 0 Å². The van der Waals surface area contributed by atoms with Gasteiger partial charge in [-0.05, 0) is 29.6 Å². The molecule has 0 spiro atoms. The van der Waals surface area contributed by atoms with E-state index in [9.17, 15) is 0 Å². The van der Waals surface area contributed by atoms with E-state index in [0.717, 1.165) is 11.8 Å². The first-order chi connectivity index (χ1) is 6.81. The van der Waals surface area contributed by atoms with Crippen LogP contribution in [-0.4, -0.2) is 0 Å². The molecule has 0 saturated heterocycles. The fourth-order valence-corrected chi connectivity index (χ4v) is 3.65. The summed E-state index contributed by atoms with van der Waals surface area (Å²) in [5, 5.41) is 0. The van der Waals surface area contributed by atoms with Crippen molar-refractivity contribution < 1.29 is 0 Å². The van der Waals surface area contributed by atoms with E-state index < -0.39 is 0 Å². The van der Waals surface area contributed by atoms with Crippen molar-refractivity contribution >= 4 is 0 Å². The van der Waals surface area contributed by atoms with Gasteiger partial charge in [0.1, 0.15) is 0 Å². The van der Waals surface area contributed by atoms with E-state index in [1.165, 1.54) is 56.3 Å². The maximum Gasteiger partial charge on any atom is -0.0318 e. The predicted molar refractivity (Wildman–Crippen MR) is 62.2 cm³/mol. The fourth-order valence-electron chi connectivity index (χ4n) is 3.65. The van der Waals surface area contributed by atoms with Gasteiger partial charge in [-0.2, -0.15) is 0 Å². The van der Waals surface area contributed by atoms with Gasteiger partial charge in [-0.15, -0.1) is 0 Å². The Kier molecular flexibility index (Phi) is 3.19. The van der Waals surface area contributed by atoms with Crippen LogP contribution in [0.15, 0.2) is 0 Å². The van der Waals surface area contributed by atoms with Gasteiger partial charge in [0, 0.05) is 0 Å². The molecule has 0 heterocycles. The summed E-state index contributed by atoms with van der Waals surface area (Å²) in [5.74, 6) is 5.78. The third-order valence-electron chi connectivity index (χ3n) is 4.65. The van der Waals surface area contributed by atoms with Crippen molar-refractivity contribution in [3.63, 3.8) is 0 Å². The molecule has 0 aromatic heterocycles. The lowest BCUT2D eigenvalue weighted by molar-refractivity contribution is 0.295. The van der Waals surface area contributed by atoms with E-state index >= 15 is 0 Å². The van der Waals surface area contributed by atoms with Gasteiger partial charge in [0.05, 0.1) is 0 Å². The Balaban J connectivity index is 1.67. The Bertz CT molecular complexity index is 174. The maximum atomic E-state index is 2.45. The highest BCUT2D eigenvalue weighted by molar-refractivity contribution is 5.18. The summed E-state index contributed by atoms with van der Waals surface area (Å²) in [6.07, 6.45) is 8.78. The minimum Gasteiger partial charge on any atom is -0.0654 e. The SMILES string of the molecule is CCCCCC(CCC)C1C2C(C)C12. The molecule has 3 unspecified atom stereocenters. The van der Waals surface area contributed by atoms with Crippen LogP contribution in [0.5, 0.6) is 0 Å². The minimum absolute atomic E-state index is 1.11. The topological polar surface area (TPSA) is 0 Å². The van der Waals surface area contributed by atoms with Gasteiger partial charge in [0.2, 0.25) is 0 Å². The Labute approximate surface area is 89.5 Å². The van der Waals surface area contributed by atoms with Gasteiger partial charge in [-0.1, -0.05) is 59.3 Å². The van der Waals surface area contributed by atoms with E-state index in [0.29, 0.717) is 0 Å². The van der Waals surface area contributed by atoms with Crippen molar-refractivity contribution in [3.8, 4) is 0 Å². The van der Waals surface area contributed by atoms with E-state index in [4.69, 9.17) is 0 Å². The maximum absolute atomic E-state index is 2.45. The summed E-state index contributed by atoms with van der Waals surface area (Å²) in [6.45, 7) is 7.11. The summed E-state index contributed by atoms with van der Waals surface area (Å²) in [7, 11) is 0. The molecule has 0 aromatic rings. The lowest BCUT2D eigenvalue weighted by Gasteiger charge is -2.20. The van der Waals surface area contributed by atoms with Crippen LogP contribution >= 0.6 is 0 Å². The van der Waals surface area contributed by atoms with Crippen molar-refractivity contribution in [2.24, 2.45) is 29.6 Å². The first-order valence-corrected chi connectivity index (χ1v) is 6.81. The van der Waals surface area contributed by atoms with Crippen LogP contribution in [0.4, 0.5) is 0 Å². The van der Waals surface area contributed by atoms with Crippen LogP contribution in [0.3, 0.4) is 0 Å². The molecular weight excluding hydrogens is 168 g/mol. The van der Waals surface area contributed by atoms with Crippen LogP contribution in [-0.2, 0) is 0 Å². The van der Waals surface area contributed by atoms with Crippen LogP contribution in [0, 0.1) is 29.6 Å². The van der Waals surface area contributed by atoms with Gasteiger partial charge in [0.25, 0.3) is 0 Å². The molecule has 0 nitrogen and oxygen atoms in total. The predicted octanol–water partition coefficient (Wildman–Crippen LogP) is 4.49. The van der Waals surface area contributed by atoms with Crippen LogP contribution in [0.2, 0.25) is 0 Å². The first-order valence-electron chi connectivity index (χ1n) is 6.81. The number of hydrogen-bond donors (Lipinski definition) is 0. The average Bonchev–Trinajstić information content (AvgIpc) is 3.04. The molecule has 0 bridgehead atoms. The van der Waals surface area contributed by atoms with Crippen LogP contribution in [0.25, 0.3) is 0 Å². The third kappa shape index (κ3) is 1.85. The second-order valence-corrected chi connectivity index (χ2v) is 5.64. The lowest BCUT2D eigenvalue weighted by atomic mass is 9.85. The summed E-state index contributed by atoms with van der Waals surface area (Å²) >= 11 is 0. The highest BCUT2D eigenvalue weighted by atomic mass is 14.8. The van der Waals surface area contributed by atoms with Crippen molar-refractivity contribution in [2.75, 3.05) is 0 Å². The van der Waals surface area contributed by atoms with E-state index in [-0.39, 0.29) is 0 Å². The molecule has 3 atom stereocenters. The van der Waals surface area contributed by atoms with Gasteiger partial charge >= 0.3 is 0 Å². The number of unbranched alkanes of at least 4 members (excludes halogenated alkanes) is 2. The van der Waals surface area contributed by atoms with Crippen molar-refractivity contribution in [1.82, 2.24) is 0 Å². The molecule has 0 aromatic carbocycles. The summed E-state index contributed by atoms with van der Waals surface area (Å²) in [6, 6.07) is 0. The second-order valence-electron chi connectivity index (χ2n) is 5.64. The zero-order valence-electron chi connectivity index (χ0n) is 10.1. The Hall–Kier alpha value is 0. The number of hydrogen-bond acceptors (Lipinski definition) is 0. The molecule has 14 heavy (non-hydrogen) atoms. The highest BCUT2D eigenvalue weighted by Crippen LogP contribution is 2.76. The molecule has 2 aliphatic rings. The van der Waals surface area contributed by atoms with Crippen LogP contribution in [0.1, 0.15) is 59.3 Å². The zero-order valence-corrected chi connectivity index (χ0v) is 10.1. The molecule has 0 amide bonds. The molecule has 2 saturated carbocycles.